The van der Waals surface area contributed by atoms with Crippen molar-refractivity contribution in [1.29, 1.82) is 0 Å². The highest BCUT2D eigenvalue weighted by atomic mass is 16.3. The molecule has 0 spiro atoms. The van der Waals surface area contributed by atoms with Gasteiger partial charge in [-0.3, -0.25) is 4.90 Å². The number of piperazine rings is 1. The zero-order valence-electron chi connectivity index (χ0n) is 12.6. The van der Waals surface area contributed by atoms with Crippen LogP contribution in [0.1, 0.15) is 25.6 Å². The molecular weight excluding hydrogens is 254 g/mol. The molecule has 0 atom stereocenters. The second-order valence-electron chi connectivity index (χ2n) is 5.43. The van der Waals surface area contributed by atoms with E-state index in [0.717, 1.165) is 50.2 Å². The fraction of sp³-hybridized carbons (Fsp3) is 0.714. The maximum atomic E-state index is 8.98. The van der Waals surface area contributed by atoms with Crippen molar-refractivity contribution in [1.82, 2.24) is 14.9 Å². The second kappa shape index (κ2) is 6.85. The molecule has 0 saturated carbocycles. The molecule has 0 unspecified atom stereocenters. The van der Waals surface area contributed by atoms with E-state index in [9.17, 15) is 0 Å². The maximum Gasteiger partial charge on any atom is 0.135 e. The molecule has 6 nitrogen and oxygen atoms in total. The Balaban J connectivity index is 2.10. The number of hydrogen-bond acceptors (Lipinski definition) is 6. The van der Waals surface area contributed by atoms with Crippen molar-refractivity contribution in [3.63, 3.8) is 0 Å². The first-order valence-electron chi connectivity index (χ1n) is 7.29. The zero-order valence-corrected chi connectivity index (χ0v) is 12.6. The van der Waals surface area contributed by atoms with Crippen LogP contribution in [0.2, 0.25) is 0 Å². The van der Waals surface area contributed by atoms with E-state index in [0.29, 0.717) is 5.92 Å². The quantitative estimate of drug-likeness (QED) is 0.829. The number of nitrogens with zero attached hydrogens (tertiary/aromatic N) is 4. The van der Waals surface area contributed by atoms with E-state index in [1.807, 2.05) is 13.1 Å². The number of anilines is 2. The SMILES string of the molecule is CNc1cc(N2CCN(CCO)CC2)nc(C(C)C)n1. The standard InChI is InChI=1S/C14H25N5O/c1-11(2)14-16-12(15-3)10-13(17-14)19-6-4-18(5-7-19)8-9-20/h10-11,20H,4-9H2,1-3H3,(H,15,16,17). The Bertz CT molecular complexity index is 430. The Morgan fingerprint density at radius 2 is 1.95 bits per heavy atom. The third-order valence-corrected chi connectivity index (χ3v) is 3.61. The van der Waals surface area contributed by atoms with E-state index in [-0.39, 0.29) is 6.61 Å². The molecule has 2 heterocycles. The maximum absolute atomic E-state index is 8.98. The number of hydrogen-bond donors (Lipinski definition) is 2. The van der Waals surface area contributed by atoms with Crippen molar-refractivity contribution in [2.24, 2.45) is 0 Å². The van der Waals surface area contributed by atoms with Gasteiger partial charge in [0, 0.05) is 51.8 Å². The molecule has 20 heavy (non-hydrogen) atoms. The van der Waals surface area contributed by atoms with E-state index in [2.05, 4.69) is 38.9 Å². The third kappa shape index (κ3) is 3.58. The van der Waals surface area contributed by atoms with Crippen LogP contribution in [0.15, 0.2) is 6.07 Å². The third-order valence-electron chi connectivity index (χ3n) is 3.61. The Morgan fingerprint density at radius 1 is 1.25 bits per heavy atom. The molecule has 1 saturated heterocycles. The number of β-amino-alcohol motifs (C(OH)–C–C–N with tert-alkyl or cyclic N) is 1. The molecule has 6 heteroatoms. The molecule has 112 valence electrons. The van der Waals surface area contributed by atoms with Gasteiger partial charge in [0.1, 0.15) is 17.5 Å². The lowest BCUT2D eigenvalue weighted by Crippen LogP contribution is -2.47. The van der Waals surface area contributed by atoms with E-state index < -0.39 is 0 Å². The Labute approximate surface area is 120 Å². The number of rotatable bonds is 5. The molecule has 1 aromatic heterocycles. The minimum atomic E-state index is 0.231. The average molecular weight is 279 g/mol. The molecule has 0 aromatic carbocycles. The van der Waals surface area contributed by atoms with Crippen molar-refractivity contribution in [2.75, 3.05) is 56.6 Å². The zero-order chi connectivity index (χ0) is 14.5. The van der Waals surface area contributed by atoms with Gasteiger partial charge in [-0.1, -0.05) is 13.8 Å². The molecule has 0 amide bonds. The smallest absolute Gasteiger partial charge is 0.135 e. The fourth-order valence-electron chi connectivity index (χ4n) is 2.34. The molecule has 1 aromatic rings. The molecule has 1 aliphatic rings. The van der Waals surface area contributed by atoms with Gasteiger partial charge in [-0.2, -0.15) is 0 Å². The van der Waals surface area contributed by atoms with Crippen LogP contribution in [0.5, 0.6) is 0 Å². The van der Waals surface area contributed by atoms with Crippen LogP contribution in [0.4, 0.5) is 11.6 Å². The summed E-state index contributed by atoms with van der Waals surface area (Å²) in [5.74, 6) is 3.07. The Morgan fingerprint density at radius 3 is 2.50 bits per heavy atom. The monoisotopic (exact) mass is 279 g/mol. The summed E-state index contributed by atoms with van der Waals surface area (Å²) in [6.07, 6.45) is 0. The molecule has 0 bridgehead atoms. The van der Waals surface area contributed by atoms with Gasteiger partial charge in [-0.15, -0.1) is 0 Å². The molecular formula is C14H25N5O. The second-order valence-corrected chi connectivity index (χ2v) is 5.43. The van der Waals surface area contributed by atoms with Gasteiger partial charge in [-0.05, 0) is 0 Å². The molecule has 2 rings (SSSR count). The Kier molecular flexibility index (Phi) is 5.14. The number of aromatic nitrogens is 2. The summed E-state index contributed by atoms with van der Waals surface area (Å²) in [5.41, 5.74) is 0. The van der Waals surface area contributed by atoms with Crippen LogP contribution in [-0.4, -0.2) is 66.4 Å². The number of nitrogens with one attached hydrogen (secondary N) is 1. The molecule has 0 aliphatic carbocycles. The van der Waals surface area contributed by atoms with Crippen molar-refractivity contribution in [3.8, 4) is 0 Å². The first kappa shape index (κ1) is 15.0. The lowest BCUT2D eigenvalue weighted by atomic mass is 10.2. The van der Waals surface area contributed by atoms with Gasteiger partial charge in [-0.25, -0.2) is 9.97 Å². The highest BCUT2D eigenvalue weighted by molar-refractivity contribution is 5.49. The summed E-state index contributed by atoms with van der Waals surface area (Å²) in [6, 6.07) is 2.01. The summed E-state index contributed by atoms with van der Waals surface area (Å²) in [4.78, 5) is 13.8. The van der Waals surface area contributed by atoms with Crippen molar-refractivity contribution in [2.45, 2.75) is 19.8 Å². The van der Waals surface area contributed by atoms with Crippen LogP contribution in [-0.2, 0) is 0 Å². The lowest BCUT2D eigenvalue weighted by molar-refractivity contribution is 0.188. The highest BCUT2D eigenvalue weighted by Gasteiger charge is 2.19. The van der Waals surface area contributed by atoms with Gasteiger partial charge in [0.15, 0.2) is 0 Å². The lowest BCUT2D eigenvalue weighted by Gasteiger charge is -2.35. The summed E-state index contributed by atoms with van der Waals surface area (Å²) in [5, 5.41) is 12.1. The topological polar surface area (TPSA) is 64.5 Å². The van der Waals surface area contributed by atoms with E-state index in [1.54, 1.807) is 0 Å². The van der Waals surface area contributed by atoms with Gasteiger partial charge in [0.05, 0.1) is 6.61 Å². The molecule has 0 radical (unpaired) electrons. The summed E-state index contributed by atoms with van der Waals surface area (Å²) in [7, 11) is 1.88. The summed E-state index contributed by atoms with van der Waals surface area (Å²) < 4.78 is 0. The average Bonchev–Trinajstić information content (AvgIpc) is 2.47. The van der Waals surface area contributed by atoms with Crippen LogP contribution in [0.3, 0.4) is 0 Å². The normalized spacial score (nSPS) is 16.8. The first-order chi connectivity index (χ1) is 9.63. The van der Waals surface area contributed by atoms with Gasteiger partial charge < -0.3 is 15.3 Å². The first-order valence-corrected chi connectivity index (χ1v) is 7.29. The fourth-order valence-corrected chi connectivity index (χ4v) is 2.34. The van der Waals surface area contributed by atoms with Gasteiger partial charge >= 0.3 is 0 Å². The van der Waals surface area contributed by atoms with Crippen LogP contribution in [0.25, 0.3) is 0 Å². The van der Waals surface area contributed by atoms with Crippen molar-refractivity contribution in [3.05, 3.63) is 11.9 Å². The summed E-state index contributed by atoms with van der Waals surface area (Å²) in [6.45, 7) is 9.03. The van der Waals surface area contributed by atoms with Gasteiger partial charge in [0.2, 0.25) is 0 Å². The van der Waals surface area contributed by atoms with E-state index in [1.165, 1.54) is 0 Å². The molecule has 1 aliphatic heterocycles. The number of aliphatic hydroxyl groups excluding tert-OH is 1. The van der Waals surface area contributed by atoms with Crippen molar-refractivity contribution < 1.29 is 5.11 Å². The number of aliphatic hydroxyl groups is 1. The molecule has 2 N–H and O–H groups in total. The van der Waals surface area contributed by atoms with Crippen LogP contribution in [0, 0.1) is 0 Å². The van der Waals surface area contributed by atoms with Crippen LogP contribution < -0.4 is 10.2 Å². The minimum absolute atomic E-state index is 0.231. The summed E-state index contributed by atoms with van der Waals surface area (Å²) >= 11 is 0. The van der Waals surface area contributed by atoms with Crippen molar-refractivity contribution >= 4 is 11.6 Å². The van der Waals surface area contributed by atoms with Gasteiger partial charge in [0.25, 0.3) is 0 Å². The predicted molar refractivity (Wildman–Crippen MR) is 81.4 cm³/mol. The predicted octanol–water partition coefficient (Wildman–Crippen LogP) is 0.756. The largest absolute Gasteiger partial charge is 0.395 e. The van der Waals surface area contributed by atoms with E-state index in [4.69, 9.17) is 5.11 Å². The van der Waals surface area contributed by atoms with Crippen LogP contribution >= 0.6 is 0 Å². The molecule has 1 fully saturated rings. The highest BCUT2D eigenvalue weighted by Crippen LogP contribution is 2.20. The minimum Gasteiger partial charge on any atom is -0.395 e. The van der Waals surface area contributed by atoms with E-state index >= 15 is 0 Å². The Hall–Kier alpha value is -1.40.